The number of hydrogen-bond donors (Lipinski definition) is 0. The van der Waals surface area contributed by atoms with Crippen LogP contribution in [-0.2, 0) is 0 Å². The smallest absolute Gasteiger partial charge is 0.146 e. The quantitative estimate of drug-likeness (QED) is 0.751. The molecule has 0 unspecified atom stereocenters. The van der Waals surface area contributed by atoms with Crippen LogP contribution in [0.2, 0.25) is 0 Å². The normalized spacial score (nSPS) is 19.6. The van der Waals surface area contributed by atoms with Crippen LogP contribution in [0.1, 0.15) is 20.3 Å². The fraction of sp³-hybridized carbons (Fsp3) is 0.500. The largest absolute Gasteiger partial charge is 0.369 e. The third kappa shape index (κ3) is 2.33. The van der Waals surface area contributed by atoms with E-state index in [1.54, 1.807) is 6.07 Å². The second kappa shape index (κ2) is 3.78. The molecule has 0 saturated carbocycles. The number of benzene rings is 1. The molecule has 0 N–H and O–H groups in total. The number of hydrogen-bond acceptors (Lipinski definition) is 1. The van der Waals surface area contributed by atoms with E-state index in [1.165, 1.54) is 6.07 Å². The summed E-state index contributed by atoms with van der Waals surface area (Å²) in [6.07, 6.45) is 1.12. The minimum Gasteiger partial charge on any atom is -0.369 e. The van der Waals surface area contributed by atoms with E-state index in [-0.39, 0.29) is 5.82 Å². The first-order chi connectivity index (χ1) is 6.98. The van der Waals surface area contributed by atoms with Gasteiger partial charge < -0.3 is 4.90 Å². The Morgan fingerprint density at radius 3 is 2.73 bits per heavy atom. The van der Waals surface area contributed by atoms with Crippen molar-refractivity contribution in [3.05, 3.63) is 28.5 Å². The van der Waals surface area contributed by atoms with Gasteiger partial charge in [-0.15, -0.1) is 0 Å². The van der Waals surface area contributed by atoms with Gasteiger partial charge in [0.05, 0.1) is 5.69 Å². The molecule has 15 heavy (non-hydrogen) atoms. The lowest BCUT2D eigenvalue weighted by Gasteiger charge is -2.22. The highest BCUT2D eigenvalue weighted by Crippen LogP contribution is 2.34. The first-order valence-corrected chi connectivity index (χ1v) is 5.97. The topological polar surface area (TPSA) is 3.24 Å². The Balaban J connectivity index is 2.27. The molecule has 0 aromatic heterocycles. The highest BCUT2D eigenvalue weighted by Gasteiger charge is 2.30. The van der Waals surface area contributed by atoms with Crippen molar-refractivity contribution in [2.45, 2.75) is 20.3 Å². The van der Waals surface area contributed by atoms with Crippen LogP contribution in [-0.4, -0.2) is 13.1 Å². The maximum atomic E-state index is 13.6. The molecule has 82 valence electrons. The SMILES string of the molecule is CC1(C)CCN(c2cc(Br)ccc2F)C1. The Kier molecular flexibility index (Phi) is 2.75. The molecule has 0 radical (unpaired) electrons. The van der Waals surface area contributed by atoms with E-state index in [4.69, 9.17) is 0 Å². The Morgan fingerprint density at radius 1 is 1.40 bits per heavy atom. The summed E-state index contributed by atoms with van der Waals surface area (Å²) in [7, 11) is 0. The van der Waals surface area contributed by atoms with Crippen molar-refractivity contribution in [1.29, 1.82) is 0 Å². The molecule has 3 heteroatoms. The molecule has 0 amide bonds. The Hall–Kier alpha value is -0.570. The van der Waals surface area contributed by atoms with Crippen LogP contribution >= 0.6 is 15.9 Å². The van der Waals surface area contributed by atoms with Gasteiger partial charge in [-0.2, -0.15) is 0 Å². The van der Waals surface area contributed by atoms with Gasteiger partial charge in [0.25, 0.3) is 0 Å². The first kappa shape index (κ1) is 10.9. The molecule has 1 nitrogen and oxygen atoms in total. The van der Waals surface area contributed by atoms with Gasteiger partial charge in [-0.3, -0.25) is 0 Å². The van der Waals surface area contributed by atoms with Gasteiger partial charge in [-0.25, -0.2) is 4.39 Å². The minimum atomic E-state index is -0.129. The molecule has 1 fully saturated rings. The molecule has 1 heterocycles. The fourth-order valence-electron chi connectivity index (χ4n) is 2.05. The maximum absolute atomic E-state index is 13.6. The van der Waals surface area contributed by atoms with Crippen LogP contribution < -0.4 is 4.90 Å². The minimum absolute atomic E-state index is 0.129. The number of halogens is 2. The monoisotopic (exact) mass is 271 g/mol. The van der Waals surface area contributed by atoms with Crippen molar-refractivity contribution < 1.29 is 4.39 Å². The average Bonchev–Trinajstić information content (AvgIpc) is 2.50. The van der Waals surface area contributed by atoms with E-state index >= 15 is 0 Å². The number of rotatable bonds is 1. The maximum Gasteiger partial charge on any atom is 0.146 e. The summed E-state index contributed by atoms with van der Waals surface area (Å²) >= 11 is 3.38. The lowest BCUT2D eigenvalue weighted by atomic mass is 9.93. The van der Waals surface area contributed by atoms with E-state index in [2.05, 4.69) is 34.7 Å². The third-order valence-corrected chi connectivity index (χ3v) is 3.42. The molecule has 0 bridgehead atoms. The Bertz CT molecular complexity index is 376. The van der Waals surface area contributed by atoms with Crippen LogP contribution in [0.15, 0.2) is 22.7 Å². The van der Waals surface area contributed by atoms with Crippen LogP contribution in [0, 0.1) is 11.2 Å². The number of anilines is 1. The highest BCUT2D eigenvalue weighted by atomic mass is 79.9. The van der Waals surface area contributed by atoms with Gasteiger partial charge in [0.1, 0.15) is 5.82 Å². The number of nitrogens with zero attached hydrogens (tertiary/aromatic N) is 1. The summed E-state index contributed by atoms with van der Waals surface area (Å²) in [6, 6.07) is 5.11. The highest BCUT2D eigenvalue weighted by molar-refractivity contribution is 9.10. The molecular weight excluding hydrogens is 257 g/mol. The van der Waals surface area contributed by atoms with E-state index in [1.807, 2.05) is 6.07 Å². The van der Waals surface area contributed by atoms with Crippen molar-refractivity contribution in [2.75, 3.05) is 18.0 Å². The molecule has 1 saturated heterocycles. The molecule has 2 rings (SSSR count). The van der Waals surface area contributed by atoms with Gasteiger partial charge >= 0.3 is 0 Å². The zero-order valence-electron chi connectivity index (χ0n) is 9.06. The average molecular weight is 272 g/mol. The summed E-state index contributed by atoms with van der Waals surface area (Å²) in [5, 5.41) is 0. The zero-order chi connectivity index (χ0) is 11.1. The van der Waals surface area contributed by atoms with E-state index in [9.17, 15) is 4.39 Å². The first-order valence-electron chi connectivity index (χ1n) is 5.18. The predicted molar refractivity (Wildman–Crippen MR) is 64.7 cm³/mol. The molecule has 1 aliphatic rings. The molecule has 1 aromatic carbocycles. The summed E-state index contributed by atoms with van der Waals surface area (Å²) < 4.78 is 14.5. The van der Waals surface area contributed by atoms with Crippen LogP contribution in [0.5, 0.6) is 0 Å². The molecule has 0 spiro atoms. The lowest BCUT2D eigenvalue weighted by Crippen LogP contribution is -2.23. The van der Waals surface area contributed by atoms with Gasteiger partial charge in [0.2, 0.25) is 0 Å². The molecule has 0 aliphatic carbocycles. The van der Waals surface area contributed by atoms with Gasteiger partial charge in [0, 0.05) is 17.6 Å². The van der Waals surface area contributed by atoms with Crippen molar-refractivity contribution in [1.82, 2.24) is 0 Å². The summed E-state index contributed by atoms with van der Waals surface area (Å²) in [6.45, 7) is 6.33. The summed E-state index contributed by atoms with van der Waals surface area (Å²) in [5.41, 5.74) is 1.02. The zero-order valence-corrected chi connectivity index (χ0v) is 10.6. The molecule has 0 atom stereocenters. The van der Waals surface area contributed by atoms with Crippen molar-refractivity contribution >= 4 is 21.6 Å². The third-order valence-electron chi connectivity index (χ3n) is 2.93. The van der Waals surface area contributed by atoms with E-state index in [0.29, 0.717) is 5.41 Å². The van der Waals surface area contributed by atoms with Gasteiger partial charge in [-0.1, -0.05) is 29.8 Å². The Labute approximate surface area is 98.4 Å². The fourth-order valence-corrected chi connectivity index (χ4v) is 2.40. The molecular formula is C12H15BrFN. The lowest BCUT2D eigenvalue weighted by molar-refractivity contribution is 0.418. The summed E-state index contributed by atoms with van der Waals surface area (Å²) in [5.74, 6) is -0.129. The van der Waals surface area contributed by atoms with Crippen LogP contribution in [0.4, 0.5) is 10.1 Å². The van der Waals surface area contributed by atoms with Crippen molar-refractivity contribution in [3.8, 4) is 0 Å². The standard InChI is InChI=1S/C12H15BrFN/c1-12(2)5-6-15(8-12)11-7-9(13)3-4-10(11)14/h3-4,7H,5-6,8H2,1-2H3. The van der Waals surface area contributed by atoms with Crippen molar-refractivity contribution in [3.63, 3.8) is 0 Å². The van der Waals surface area contributed by atoms with Crippen LogP contribution in [0.25, 0.3) is 0 Å². The second-order valence-electron chi connectivity index (χ2n) is 4.93. The Morgan fingerprint density at radius 2 is 2.13 bits per heavy atom. The summed E-state index contributed by atoms with van der Waals surface area (Å²) in [4.78, 5) is 2.13. The molecule has 1 aliphatic heterocycles. The van der Waals surface area contributed by atoms with Gasteiger partial charge in [0.15, 0.2) is 0 Å². The molecule has 1 aromatic rings. The van der Waals surface area contributed by atoms with E-state index < -0.39 is 0 Å². The van der Waals surface area contributed by atoms with Crippen LogP contribution in [0.3, 0.4) is 0 Å². The van der Waals surface area contributed by atoms with Gasteiger partial charge in [-0.05, 0) is 30.0 Å². The van der Waals surface area contributed by atoms with Crippen molar-refractivity contribution in [2.24, 2.45) is 5.41 Å². The second-order valence-corrected chi connectivity index (χ2v) is 5.85. The predicted octanol–water partition coefficient (Wildman–Crippen LogP) is 3.82. The van der Waals surface area contributed by atoms with E-state index in [0.717, 1.165) is 29.7 Å².